The summed E-state index contributed by atoms with van der Waals surface area (Å²) in [4.78, 5) is 25.2. The molecule has 144 valence electrons. The number of rotatable bonds is 3. The quantitative estimate of drug-likeness (QED) is 0.812. The van der Waals surface area contributed by atoms with Crippen molar-refractivity contribution in [2.75, 3.05) is 25.0 Å². The number of urea groups is 1. The van der Waals surface area contributed by atoms with Gasteiger partial charge in [0, 0.05) is 24.2 Å². The fourth-order valence-corrected chi connectivity index (χ4v) is 2.80. The van der Waals surface area contributed by atoms with Gasteiger partial charge in [-0.25, -0.2) is 9.59 Å². The number of hydrogen-bond donors (Lipinski definition) is 2. The Labute approximate surface area is 153 Å². The van der Waals surface area contributed by atoms with Crippen LogP contribution in [0.5, 0.6) is 0 Å². The molecule has 2 rings (SSSR count). The van der Waals surface area contributed by atoms with Crippen LogP contribution in [0.4, 0.5) is 28.4 Å². The first-order valence-electron chi connectivity index (χ1n) is 8.06. The minimum atomic E-state index is -4.64. The maximum absolute atomic E-state index is 13.0. The molecule has 0 aliphatic carbocycles. The molecule has 1 saturated heterocycles. The second-order valence-corrected chi connectivity index (χ2v) is 6.18. The van der Waals surface area contributed by atoms with Gasteiger partial charge in [0.1, 0.15) is 0 Å². The summed E-state index contributed by atoms with van der Waals surface area (Å²) in [7, 11) is 0. The van der Waals surface area contributed by atoms with Crippen molar-refractivity contribution in [1.29, 1.82) is 0 Å². The number of piperidine rings is 1. The molecule has 1 heterocycles. The summed E-state index contributed by atoms with van der Waals surface area (Å²) in [5, 5.41) is 4.76. The van der Waals surface area contributed by atoms with Gasteiger partial charge in [-0.3, -0.25) is 0 Å². The highest BCUT2D eigenvalue weighted by molar-refractivity contribution is 6.30. The number of hydrogen-bond acceptors (Lipinski definition) is 3. The van der Waals surface area contributed by atoms with E-state index in [1.165, 1.54) is 11.0 Å². The molecule has 26 heavy (non-hydrogen) atoms. The van der Waals surface area contributed by atoms with Crippen molar-refractivity contribution >= 4 is 29.4 Å². The number of nitrogens with one attached hydrogen (secondary N) is 2. The lowest BCUT2D eigenvalue weighted by molar-refractivity contribution is -0.136. The molecular weight excluding hydrogens is 375 g/mol. The third-order valence-electron chi connectivity index (χ3n) is 3.89. The maximum atomic E-state index is 13.0. The van der Waals surface area contributed by atoms with Gasteiger partial charge in [-0.1, -0.05) is 11.6 Å². The third-order valence-corrected chi connectivity index (χ3v) is 4.13. The molecule has 1 fully saturated rings. The van der Waals surface area contributed by atoms with Crippen molar-refractivity contribution in [2.45, 2.75) is 32.0 Å². The first kappa shape index (κ1) is 20.2. The summed E-state index contributed by atoms with van der Waals surface area (Å²) in [6.07, 6.45) is -4.08. The Morgan fingerprint density at radius 2 is 1.96 bits per heavy atom. The molecule has 1 aliphatic rings. The highest BCUT2D eigenvalue weighted by atomic mass is 35.5. The molecule has 2 N–H and O–H groups in total. The van der Waals surface area contributed by atoms with E-state index in [1.807, 2.05) is 0 Å². The van der Waals surface area contributed by atoms with Crippen LogP contribution in [0.2, 0.25) is 5.02 Å². The number of halogens is 4. The summed E-state index contributed by atoms with van der Waals surface area (Å²) >= 11 is 5.61. The second kappa shape index (κ2) is 8.48. The first-order valence-corrected chi connectivity index (χ1v) is 8.44. The number of ether oxygens (including phenoxy) is 1. The van der Waals surface area contributed by atoms with E-state index in [9.17, 15) is 22.8 Å². The number of nitrogens with zero attached hydrogens (tertiary/aromatic N) is 1. The lowest BCUT2D eigenvalue weighted by Gasteiger charge is -2.31. The highest BCUT2D eigenvalue weighted by Crippen LogP contribution is 2.36. The van der Waals surface area contributed by atoms with Crippen molar-refractivity contribution in [2.24, 2.45) is 0 Å². The molecule has 1 aromatic carbocycles. The van der Waals surface area contributed by atoms with Crippen molar-refractivity contribution in [3.63, 3.8) is 0 Å². The molecule has 0 radical (unpaired) electrons. The molecule has 1 aliphatic heterocycles. The zero-order chi connectivity index (χ0) is 19.3. The van der Waals surface area contributed by atoms with Crippen LogP contribution in [0.1, 0.15) is 25.3 Å². The molecule has 0 unspecified atom stereocenters. The van der Waals surface area contributed by atoms with Gasteiger partial charge >= 0.3 is 18.3 Å². The number of benzene rings is 1. The van der Waals surface area contributed by atoms with Gasteiger partial charge in [0.05, 0.1) is 17.9 Å². The second-order valence-electron chi connectivity index (χ2n) is 5.75. The van der Waals surface area contributed by atoms with E-state index >= 15 is 0 Å². The molecule has 0 spiro atoms. The SMILES string of the molecule is CCOC(=O)N1CCC(NC(=O)Nc2ccc(Cl)cc2C(F)(F)F)CC1. The van der Waals surface area contributed by atoms with Crippen LogP contribution in [-0.2, 0) is 10.9 Å². The van der Waals surface area contributed by atoms with Crippen LogP contribution in [-0.4, -0.2) is 42.8 Å². The Morgan fingerprint density at radius 3 is 2.54 bits per heavy atom. The molecule has 10 heteroatoms. The van der Waals surface area contributed by atoms with E-state index in [0.717, 1.165) is 12.1 Å². The van der Waals surface area contributed by atoms with Crippen molar-refractivity contribution in [1.82, 2.24) is 10.2 Å². The van der Waals surface area contributed by atoms with Crippen molar-refractivity contribution < 1.29 is 27.5 Å². The monoisotopic (exact) mass is 393 g/mol. The van der Waals surface area contributed by atoms with E-state index in [0.29, 0.717) is 25.9 Å². The number of carbonyl (C=O) groups excluding carboxylic acids is 2. The average Bonchev–Trinajstić information content (AvgIpc) is 2.56. The predicted molar refractivity (Wildman–Crippen MR) is 90.2 cm³/mol. The van der Waals surface area contributed by atoms with Gasteiger partial charge in [0.2, 0.25) is 0 Å². The third kappa shape index (κ3) is 5.42. The molecular formula is C16H19ClF3N3O3. The smallest absolute Gasteiger partial charge is 0.418 e. The van der Waals surface area contributed by atoms with E-state index in [2.05, 4.69) is 10.6 Å². The van der Waals surface area contributed by atoms with Crippen LogP contribution < -0.4 is 10.6 Å². The normalized spacial score (nSPS) is 15.5. The van der Waals surface area contributed by atoms with Gasteiger partial charge < -0.3 is 20.3 Å². The fourth-order valence-electron chi connectivity index (χ4n) is 2.62. The number of likely N-dealkylation sites (tertiary alicyclic amines) is 1. The standard InChI is InChI=1S/C16H19ClF3N3O3/c1-2-26-15(25)23-7-5-11(6-8-23)21-14(24)22-13-4-3-10(17)9-12(13)16(18,19)20/h3-4,9,11H,2,5-8H2,1H3,(H2,21,22,24). The molecule has 1 aromatic rings. The van der Waals surface area contributed by atoms with Crippen LogP contribution in [0.15, 0.2) is 18.2 Å². The van der Waals surface area contributed by atoms with E-state index < -0.39 is 23.9 Å². The Balaban J connectivity index is 1.92. The lowest BCUT2D eigenvalue weighted by Crippen LogP contribution is -2.47. The summed E-state index contributed by atoms with van der Waals surface area (Å²) < 4.78 is 44.0. The van der Waals surface area contributed by atoms with Crippen LogP contribution >= 0.6 is 11.6 Å². The molecule has 0 atom stereocenters. The highest BCUT2D eigenvalue weighted by Gasteiger charge is 2.34. The largest absolute Gasteiger partial charge is 0.450 e. The molecule has 3 amide bonds. The minimum absolute atomic E-state index is 0.0744. The Morgan fingerprint density at radius 1 is 1.31 bits per heavy atom. The number of amides is 3. The zero-order valence-corrected chi connectivity index (χ0v) is 14.8. The van der Waals surface area contributed by atoms with Gasteiger partial charge in [0.15, 0.2) is 0 Å². The zero-order valence-electron chi connectivity index (χ0n) is 14.0. The topological polar surface area (TPSA) is 70.7 Å². The average molecular weight is 394 g/mol. The minimum Gasteiger partial charge on any atom is -0.450 e. The Kier molecular flexibility index (Phi) is 6.57. The predicted octanol–water partition coefficient (Wildman–Crippen LogP) is 4.10. The van der Waals surface area contributed by atoms with Crippen LogP contribution in [0, 0.1) is 0 Å². The van der Waals surface area contributed by atoms with Gasteiger partial charge in [0.25, 0.3) is 0 Å². The van der Waals surface area contributed by atoms with Crippen molar-refractivity contribution in [3.05, 3.63) is 28.8 Å². The Bertz CT molecular complexity index is 662. The summed E-state index contributed by atoms with van der Waals surface area (Å²) in [6.45, 7) is 2.79. The van der Waals surface area contributed by atoms with E-state index in [-0.39, 0.29) is 23.4 Å². The Hall–Kier alpha value is -2.16. The number of carbonyl (C=O) groups is 2. The van der Waals surface area contributed by atoms with Gasteiger partial charge in [-0.2, -0.15) is 13.2 Å². The van der Waals surface area contributed by atoms with Crippen LogP contribution in [0.3, 0.4) is 0 Å². The van der Waals surface area contributed by atoms with E-state index in [4.69, 9.17) is 16.3 Å². The molecule has 0 bridgehead atoms. The van der Waals surface area contributed by atoms with Crippen LogP contribution in [0.25, 0.3) is 0 Å². The number of anilines is 1. The molecule has 0 saturated carbocycles. The summed E-state index contributed by atoms with van der Waals surface area (Å²) in [5.74, 6) is 0. The lowest BCUT2D eigenvalue weighted by atomic mass is 10.1. The summed E-state index contributed by atoms with van der Waals surface area (Å²) in [6, 6.07) is 2.14. The summed E-state index contributed by atoms with van der Waals surface area (Å²) in [5.41, 5.74) is -1.39. The number of alkyl halides is 3. The van der Waals surface area contributed by atoms with Gasteiger partial charge in [-0.05, 0) is 38.0 Å². The molecule has 6 nitrogen and oxygen atoms in total. The maximum Gasteiger partial charge on any atom is 0.418 e. The van der Waals surface area contributed by atoms with Gasteiger partial charge in [-0.15, -0.1) is 0 Å². The first-order chi connectivity index (χ1) is 12.2. The molecule has 0 aromatic heterocycles. The van der Waals surface area contributed by atoms with Crippen molar-refractivity contribution in [3.8, 4) is 0 Å². The van der Waals surface area contributed by atoms with E-state index in [1.54, 1.807) is 6.92 Å². The fraction of sp³-hybridized carbons (Fsp3) is 0.500.